The fourth-order valence-electron chi connectivity index (χ4n) is 3.75. The second-order valence-electron chi connectivity index (χ2n) is 7.55. The molecule has 1 amide bonds. The number of hydrogen-bond acceptors (Lipinski definition) is 5. The summed E-state index contributed by atoms with van der Waals surface area (Å²) in [4.78, 5) is 12.7. The Labute approximate surface area is 185 Å². The van der Waals surface area contributed by atoms with Gasteiger partial charge in [0.25, 0.3) is 0 Å². The Hall–Kier alpha value is -2.25. The van der Waals surface area contributed by atoms with Gasteiger partial charge in [0.05, 0.1) is 11.5 Å². The minimum Gasteiger partial charge on any atom is -0.461 e. The molecule has 0 spiro atoms. The Kier molecular flexibility index (Phi) is 6.79. The number of nitrogens with one attached hydrogen (secondary N) is 1. The van der Waals surface area contributed by atoms with Crippen molar-refractivity contribution >= 4 is 29.3 Å². The molecule has 1 aromatic carbocycles. The average molecular weight is 445 g/mol. The molecule has 0 bridgehead atoms. The van der Waals surface area contributed by atoms with Gasteiger partial charge >= 0.3 is 0 Å². The summed E-state index contributed by atoms with van der Waals surface area (Å²) >= 11 is 7.36. The Balaban J connectivity index is 1.47. The van der Waals surface area contributed by atoms with Gasteiger partial charge in [-0.25, -0.2) is 0 Å². The van der Waals surface area contributed by atoms with Crippen LogP contribution in [0.2, 0.25) is 5.02 Å². The van der Waals surface area contributed by atoms with Crippen molar-refractivity contribution < 1.29 is 9.21 Å². The van der Waals surface area contributed by atoms with Crippen LogP contribution in [0.15, 0.2) is 52.2 Å². The number of furan rings is 1. The molecule has 30 heavy (non-hydrogen) atoms. The Morgan fingerprint density at radius 3 is 2.70 bits per heavy atom. The van der Waals surface area contributed by atoms with E-state index in [9.17, 15) is 4.79 Å². The van der Waals surface area contributed by atoms with Crippen LogP contribution < -0.4 is 5.32 Å². The van der Waals surface area contributed by atoms with E-state index >= 15 is 0 Å². The van der Waals surface area contributed by atoms with Crippen molar-refractivity contribution in [2.45, 2.75) is 62.0 Å². The van der Waals surface area contributed by atoms with Crippen molar-refractivity contribution in [3.63, 3.8) is 0 Å². The van der Waals surface area contributed by atoms with Crippen LogP contribution in [0.3, 0.4) is 0 Å². The number of nitrogens with zero attached hydrogens (tertiary/aromatic N) is 3. The van der Waals surface area contributed by atoms with Crippen molar-refractivity contribution in [3.8, 4) is 11.6 Å². The average Bonchev–Trinajstić information content (AvgIpc) is 3.43. The van der Waals surface area contributed by atoms with Gasteiger partial charge in [0.2, 0.25) is 11.7 Å². The van der Waals surface area contributed by atoms with Crippen molar-refractivity contribution in [2.24, 2.45) is 0 Å². The lowest BCUT2D eigenvalue weighted by Crippen LogP contribution is -2.30. The highest BCUT2D eigenvalue weighted by atomic mass is 35.5. The van der Waals surface area contributed by atoms with Crippen LogP contribution in [0.1, 0.15) is 50.6 Å². The van der Waals surface area contributed by atoms with Crippen LogP contribution in [0.25, 0.3) is 11.6 Å². The maximum Gasteiger partial charge on any atom is 0.233 e. The third-order valence-electron chi connectivity index (χ3n) is 5.38. The number of benzene rings is 1. The molecule has 1 aliphatic carbocycles. The lowest BCUT2D eigenvalue weighted by molar-refractivity contribution is -0.120. The van der Waals surface area contributed by atoms with Gasteiger partial charge in [-0.15, -0.1) is 10.2 Å². The lowest BCUT2D eigenvalue weighted by Gasteiger charge is -2.25. The van der Waals surface area contributed by atoms with Crippen LogP contribution in [-0.4, -0.2) is 25.9 Å². The van der Waals surface area contributed by atoms with E-state index in [0.717, 1.165) is 29.4 Å². The number of aromatic nitrogens is 3. The van der Waals surface area contributed by atoms with Crippen molar-refractivity contribution in [2.75, 3.05) is 0 Å². The number of rotatable bonds is 7. The zero-order chi connectivity index (χ0) is 20.9. The Morgan fingerprint density at radius 2 is 2.00 bits per heavy atom. The molecule has 1 aliphatic rings. The minimum atomic E-state index is -0.298. The molecule has 1 unspecified atom stereocenters. The normalized spacial score (nSPS) is 15.8. The second kappa shape index (κ2) is 9.71. The van der Waals surface area contributed by atoms with Gasteiger partial charge in [-0.2, -0.15) is 0 Å². The molecule has 2 aromatic heterocycles. The number of amides is 1. The number of halogens is 1. The molecule has 4 rings (SSSR count). The molecular weight excluding hydrogens is 420 g/mol. The van der Waals surface area contributed by atoms with Gasteiger partial charge in [-0.1, -0.05) is 54.8 Å². The molecule has 0 radical (unpaired) electrons. The van der Waals surface area contributed by atoms with E-state index in [0.29, 0.717) is 23.4 Å². The lowest BCUT2D eigenvalue weighted by atomic mass is 9.95. The van der Waals surface area contributed by atoms with Crippen molar-refractivity contribution in [1.29, 1.82) is 0 Å². The van der Waals surface area contributed by atoms with Gasteiger partial charge in [0, 0.05) is 17.6 Å². The monoisotopic (exact) mass is 444 g/mol. The van der Waals surface area contributed by atoms with Gasteiger partial charge < -0.3 is 9.73 Å². The quantitative estimate of drug-likeness (QED) is 0.487. The topological polar surface area (TPSA) is 73.0 Å². The third-order valence-corrected chi connectivity index (χ3v) is 6.69. The zero-order valence-corrected chi connectivity index (χ0v) is 18.5. The van der Waals surface area contributed by atoms with E-state index in [2.05, 4.69) is 20.1 Å². The van der Waals surface area contributed by atoms with Crippen molar-refractivity contribution in [1.82, 2.24) is 20.1 Å². The zero-order valence-electron chi connectivity index (χ0n) is 16.9. The van der Waals surface area contributed by atoms with Crippen LogP contribution in [-0.2, 0) is 11.3 Å². The molecular formula is C22H25ClN4O2S. The summed E-state index contributed by atoms with van der Waals surface area (Å²) in [5.74, 6) is 1.41. The molecule has 1 atom stereocenters. The van der Waals surface area contributed by atoms with E-state index < -0.39 is 0 Å². The largest absolute Gasteiger partial charge is 0.461 e. The highest BCUT2D eigenvalue weighted by Crippen LogP contribution is 2.36. The van der Waals surface area contributed by atoms with Gasteiger partial charge in [0.1, 0.15) is 0 Å². The second-order valence-corrected chi connectivity index (χ2v) is 9.29. The van der Waals surface area contributed by atoms with E-state index in [1.165, 1.54) is 31.0 Å². The molecule has 1 N–H and O–H groups in total. The van der Waals surface area contributed by atoms with Crippen LogP contribution in [0, 0.1) is 0 Å². The highest BCUT2D eigenvalue weighted by molar-refractivity contribution is 8.00. The van der Waals surface area contributed by atoms with E-state index in [1.807, 2.05) is 43.3 Å². The highest BCUT2D eigenvalue weighted by Gasteiger charge is 2.27. The predicted molar refractivity (Wildman–Crippen MR) is 118 cm³/mol. The van der Waals surface area contributed by atoms with E-state index in [1.54, 1.807) is 6.26 Å². The molecule has 2 heterocycles. The SMILES string of the molecule is CC(Sc1nnc(-c2ccco2)n1C1CCCCC1)C(=O)NCc1ccc(Cl)cc1. The van der Waals surface area contributed by atoms with Gasteiger partial charge in [-0.05, 0) is 49.6 Å². The molecule has 6 nitrogen and oxygen atoms in total. The minimum absolute atomic E-state index is 0.0345. The van der Waals surface area contributed by atoms with Crippen LogP contribution in [0.4, 0.5) is 0 Å². The summed E-state index contributed by atoms with van der Waals surface area (Å²) in [6.07, 6.45) is 7.49. The van der Waals surface area contributed by atoms with E-state index in [-0.39, 0.29) is 11.2 Å². The molecule has 158 valence electrons. The van der Waals surface area contributed by atoms with Gasteiger partial charge in [-0.3, -0.25) is 9.36 Å². The van der Waals surface area contributed by atoms with Gasteiger partial charge in [0.15, 0.2) is 10.9 Å². The molecule has 0 aliphatic heterocycles. The smallest absolute Gasteiger partial charge is 0.233 e. The molecule has 8 heteroatoms. The summed E-state index contributed by atoms with van der Waals surface area (Å²) in [6.45, 7) is 2.36. The van der Waals surface area contributed by atoms with Crippen LogP contribution >= 0.6 is 23.4 Å². The number of hydrogen-bond donors (Lipinski definition) is 1. The maximum atomic E-state index is 12.7. The first-order chi connectivity index (χ1) is 14.6. The molecule has 3 aromatic rings. The van der Waals surface area contributed by atoms with Crippen LogP contribution in [0.5, 0.6) is 0 Å². The van der Waals surface area contributed by atoms with E-state index in [4.69, 9.17) is 16.0 Å². The fraction of sp³-hybridized carbons (Fsp3) is 0.409. The van der Waals surface area contributed by atoms with Crippen molar-refractivity contribution in [3.05, 3.63) is 53.2 Å². The molecule has 1 fully saturated rings. The Bertz CT molecular complexity index is 966. The molecule has 1 saturated carbocycles. The first-order valence-corrected chi connectivity index (χ1v) is 11.5. The number of carbonyl (C=O) groups excluding carboxylic acids is 1. The third kappa shape index (κ3) is 4.90. The summed E-state index contributed by atoms with van der Waals surface area (Å²) in [5.41, 5.74) is 1.01. The Morgan fingerprint density at radius 1 is 1.23 bits per heavy atom. The first-order valence-electron chi connectivity index (χ1n) is 10.3. The maximum absolute atomic E-state index is 12.7. The summed E-state index contributed by atoms with van der Waals surface area (Å²) < 4.78 is 7.76. The molecule has 0 saturated heterocycles. The number of carbonyl (C=O) groups is 1. The summed E-state index contributed by atoms with van der Waals surface area (Å²) in [7, 11) is 0. The fourth-order valence-corrected chi connectivity index (χ4v) is 4.82. The summed E-state index contributed by atoms with van der Waals surface area (Å²) in [5, 5.41) is 13.0. The predicted octanol–water partition coefficient (Wildman–Crippen LogP) is 5.49. The standard InChI is InChI=1S/C22H25ClN4O2S/c1-15(21(28)24-14-16-9-11-17(23)12-10-16)30-22-26-25-20(19-8-5-13-29-19)27(22)18-6-3-2-4-7-18/h5,8-13,15,18H,2-4,6-7,14H2,1H3,(H,24,28). The first kappa shape index (κ1) is 21.0. The number of thioether (sulfide) groups is 1. The summed E-state index contributed by atoms with van der Waals surface area (Å²) in [6, 6.07) is 11.6.